The van der Waals surface area contributed by atoms with Crippen LogP contribution in [0, 0.1) is 11.8 Å². The van der Waals surface area contributed by atoms with Gasteiger partial charge >= 0.3 is 17.9 Å². The zero-order valence-electron chi connectivity index (χ0n) is 24.0. The molecule has 0 aliphatic rings. The Morgan fingerprint density at radius 3 is 1.71 bits per heavy atom. The smallest absolute Gasteiger partial charge is 0.326 e. The highest BCUT2D eigenvalue weighted by atomic mass is 32.2. The average molecular weight is 606 g/mol. The van der Waals surface area contributed by atoms with Crippen molar-refractivity contribution in [1.82, 2.24) is 21.3 Å². The number of amides is 4. The van der Waals surface area contributed by atoms with Crippen LogP contribution in [-0.4, -0.2) is 99.1 Å². The largest absolute Gasteiger partial charge is 0.481 e. The Labute approximate surface area is 243 Å². The van der Waals surface area contributed by atoms with Crippen LogP contribution in [0.25, 0.3) is 0 Å². The molecule has 41 heavy (non-hydrogen) atoms. The van der Waals surface area contributed by atoms with Gasteiger partial charge in [-0.2, -0.15) is 11.8 Å². The van der Waals surface area contributed by atoms with Crippen LogP contribution in [0.4, 0.5) is 0 Å². The Morgan fingerprint density at radius 1 is 0.707 bits per heavy atom. The van der Waals surface area contributed by atoms with E-state index in [4.69, 9.17) is 15.9 Å². The zero-order valence-corrected chi connectivity index (χ0v) is 24.8. The van der Waals surface area contributed by atoms with Crippen molar-refractivity contribution < 1.29 is 48.9 Å². The third-order valence-electron chi connectivity index (χ3n) is 5.83. The number of carbonyl (C=O) groups excluding carboxylic acids is 4. The molecule has 0 saturated carbocycles. The normalized spacial score (nSPS) is 14.7. The number of nitrogens with two attached hydrogens (primary N) is 1. The molecule has 0 heterocycles. The van der Waals surface area contributed by atoms with Gasteiger partial charge in [-0.1, -0.05) is 27.7 Å². The summed E-state index contributed by atoms with van der Waals surface area (Å²) in [7, 11) is 0. The SMILES string of the molecule is CSCC[C@H](NC(=O)[C@H](CC(C)C)NC(=O)[C@@H](NC(=O)[C@@H](N)CCC(=O)O)C(C)C)C(=O)N[C@@H](CC(=O)O)C(=O)O. The molecule has 0 saturated heterocycles. The van der Waals surface area contributed by atoms with Gasteiger partial charge in [-0.25, -0.2) is 4.79 Å². The summed E-state index contributed by atoms with van der Waals surface area (Å²) in [6.07, 6.45) is 0.677. The number of carboxylic acids is 3. The van der Waals surface area contributed by atoms with Crippen LogP contribution >= 0.6 is 11.8 Å². The number of hydrogen-bond acceptors (Lipinski definition) is 9. The number of aliphatic carboxylic acids is 3. The van der Waals surface area contributed by atoms with Gasteiger partial charge in [-0.3, -0.25) is 28.8 Å². The Hall–Kier alpha value is -3.40. The van der Waals surface area contributed by atoms with Gasteiger partial charge < -0.3 is 42.3 Å². The van der Waals surface area contributed by atoms with E-state index in [1.807, 2.05) is 0 Å². The molecule has 0 aliphatic carbocycles. The standard InChI is InChI=1S/C25H43N5O10S/c1-12(2)10-16(28-24(38)20(13(3)4)30-21(35)14(26)6-7-18(31)32)23(37)27-15(8-9-41-5)22(36)29-17(25(39)40)11-19(33)34/h12-17,20H,6-11,26H2,1-5H3,(H,27,37)(H,28,38)(H,29,36)(H,30,35)(H,31,32)(H,33,34)(H,39,40)/t14-,15-,16-,17-,20-/m0/s1. The number of hydrogen-bond donors (Lipinski definition) is 8. The van der Waals surface area contributed by atoms with Crippen LogP contribution in [0.15, 0.2) is 0 Å². The van der Waals surface area contributed by atoms with Crippen LogP contribution in [0.5, 0.6) is 0 Å². The van der Waals surface area contributed by atoms with E-state index < -0.39 is 84.1 Å². The molecule has 0 aromatic carbocycles. The molecule has 0 rings (SSSR count). The molecule has 0 spiro atoms. The van der Waals surface area contributed by atoms with Crippen molar-refractivity contribution in [3.63, 3.8) is 0 Å². The minimum absolute atomic E-state index is 0.0898. The number of thioether (sulfide) groups is 1. The number of carbonyl (C=O) groups is 7. The second kappa shape index (κ2) is 18.9. The van der Waals surface area contributed by atoms with Gasteiger partial charge in [-0.05, 0) is 43.1 Å². The highest BCUT2D eigenvalue weighted by molar-refractivity contribution is 7.98. The van der Waals surface area contributed by atoms with Gasteiger partial charge in [-0.15, -0.1) is 0 Å². The van der Waals surface area contributed by atoms with Gasteiger partial charge in [0.25, 0.3) is 0 Å². The van der Waals surface area contributed by atoms with Crippen molar-refractivity contribution in [3.05, 3.63) is 0 Å². The highest BCUT2D eigenvalue weighted by Crippen LogP contribution is 2.10. The summed E-state index contributed by atoms with van der Waals surface area (Å²) < 4.78 is 0. The molecular weight excluding hydrogens is 562 g/mol. The first-order chi connectivity index (χ1) is 19.0. The third-order valence-corrected chi connectivity index (χ3v) is 6.47. The molecule has 0 aromatic rings. The third kappa shape index (κ3) is 15.3. The molecule has 16 heteroatoms. The van der Waals surface area contributed by atoms with Gasteiger partial charge in [0.15, 0.2) is 0 Å². The van der Waals surface area contributed by atoms with E-state index in [0.717, 1.165) is 0 Å². The van der Waals surface area contributed by atoms with Crippen molar-refractivity contribution in [2.75, 3.05) is 12.0 Å². The lowest BCUT2D eigenvalue weighted by Crippen LogP contribution is -2.59. The summed E-state index contributed by atoms with van der Waals surface area (Å²) >= 11 is 1.37. The minimum atomic E-state index is -1.71. The van der Waals surface area contributed by atoms with Crippen LogP contribution in [-0.2, 0) is 33.6 Å². The first-order valence-electron chi connectivity index (χ1n) is 13.1. The van der Waals surface area contributed by atoms with E-state index in [1.165, 1.54) is 11.8 Å². The molecular formula is C25H43N5O10S. The lowest BCUT2D eigenvalue weighted by Gasteiger charge is -2.28. The lowest BCUT2D eigenvalue weighted by molar-refractivity contribution is -0.147. The second-order valence-corrected chi connectivity index (χ2v) is 11.3. The van der Waals surface area contributed by atoms with Crippen LogP contribution in [0.3, 0.4) is 0 Å². The maximum Gasteiger partial charge on any atom is 0.326 e. The molecule has 0 bridgehead atoms. The summed E-state index contributed by atoms with van der Waals surface area (Å²) in [4.78, 5) is 85.0. The minimum Gasteiger partial charge on any atom is -0.481 e. The molecule has 0 aliphatic heterocycles. The Bertz CT molecular complexity index is 946. The number of rotatable bonds is 20. The fourth-order valence-electron chi connectivity index (χ4n) is 3.59. The molecule has 9 N–H and O–H groups in total. The van der Waals surface area contributed by atoms with Crippen molar-refractivity contribution in [2.24, 2.45) is 17.6 Å². The number of nitrogens with one attached hydrogen (secondary N) is 4. The lowest BCUT2D eigenvalue weighted by atomic mass is 9.99. The number of carboxylic acid groups (broad SMARTS) is 3. The van der Waals surface area contributed by atoms with Gasteiger partial charge in [0.1, 0.15) is 24.2 Å². The van der Waals surface area contributed by atoms with Crippen LogP contribution in [0.1, 0.15) is 59.8 Å². The van der Waals surface area contributed by atoms with E-state index in [9.17, 15) is 38.7 Å². The molecule has 234 valence electrons. The monoisotopic (exact) mass is 605 g/mol. The predicted octanol–water partition coefficient (Wildman–Crippen LogP) is -0.868. The fourth-order valence-corrected chi connectivity index (χ4v) is 4.06. The van der Waals surface area contributed by atoms with Crippen LogP contribution in [0.2, 0.25) is 0 Å². The molecule has 15 nitrogen and oxygen atoms in total. The van der Waals surface area contributed by atoms with E-state index in [-0.39, 0.29) is 31.6 Å². The predicted molar refractivity (Wildman–Crippen MR) is 150 cm³/mol. The zero-order chi connectivity index (χ0) is 31.9. The summed E-state index contributed by atoms with van der Waals surface area (Å²) in [5, 5.41) is 36.8. The van der Waals surface area contributed by atoms with Crippen LogP contribution < -0.4 is 27.0 Å². The fraction of sp³-hybridized carbons (Fsp3) is 0.720. The second-order valence-electron chi connectivity index (χ2n) is 10.3. The maximum absolute atomic E-state index is 13.3. The van der Waals surface area contributed by atoms with Crippen molar-refractivity contribution in [1.29, 1.82) is 0 Å². The molecule has 0 unspecified atom stereocenters. The molecule has 0 radical (unpaired) electrons. The van der Waals surface area contributed by atoms with E-state index in [0.29, 0.717) is 5.75 Å². The first-order valence-corrected chi connectivity index (χ1v) is 14.5. The van der Waals surface area contributed by atoms with Crippen molar-refractivity contribution >= 4 is 53.3 Å². The van der Waals surface area contributed by atoms with Gasteiger partial charge in [0, 0.05) is 6.42 Å². The molecule has 4 amide bonds. The summed E-state index contributed by atoms with van der Waals surface area (Å²) in [6, 6.07) is -6.34. The summed E-state index contributed by atoms with van der Waals surface area (Å²) in [5.74, 6) is -7.28. The molecule has 5 atom stereocenters. The van der Waals surface area contributed by atoms with Gasteiger partial charge in [0.05, 0.1) is 12.5 Å². The van der Waals surface area contributed by atoms with E-state index in [1.54, 1.807) is 34.0 Å². The Kier molecular flexibility index (Phi) is 17.3. The Balaban J connectivity index is 5.75. The van der Waals surface area contributed by atoms with Gasteiger partial charge in [0.2, 0.25) is 23.6 Å². The van der Waals surface area contributed by atoms with Crippen molar-refractivity contribution in [3.8, 4) is 0 Å². The average Bonchev–Trinajstić information content (AvgIpc) is 2.85. The summed E-state index contributed by atoms with van der Waals surface area (Å²) in [5.41, 5.74) is 5.75. The summed E-state index contributed by atoms with van der Waals surface area (Å²) in [6.45, 7) is 6.92. The topological polar surface area (TPSA) is 254 Å². The van der Waals surface area contributed by atoms with E-state index in [2.05, 4.69) is 21.3 Å². The van der Waals surface area contributed by atoms with E-state index >= 15 is 0 Å². The van der Waals surface area contributed by atoms with Crippen molar-refractivity contribution in [2.45, 2.75) is 90.0 Å². The highest BCUT2D eigenvalue weighted by Gasteiger charge is 2.33. The quantitative estimate of drug-likeness (QED) is 0.0843. The first kappa shape index (κ1) is 37.6. The molecule has 0 fully saturated rings. The maximum atomic E-state index is 13.3. The molecule has 0 aromatic heterocycles. The Morgan fingerprint density at radius 2 is 1.24 bits per heavy atom.